The van der Waals surface area contributed by atoms with E-state index in [4.69, 9.17) is 28.6 Å². The highest BCUT2D eigenvalue weighted by molar-refractivity contribution is 6.50. The molecule has 1 aromatic rings. The molecule has 0 radical (unpaired) electrons. The standard InChI is InChI=1S/C6H4Cl2N3.BF4/c7-4-1-2-6(10-11-9)5(8)3-4;2-1(3,4)5/h1-3,10H;/q+1;-1. The lowest BCUT2D eigenvalue weighted by molar-refractivity contribution is 0.368. The van der Waals surface area contributed by atoms with E-state index in [0.29, 0.717) is 15.7 Å². The van der Waals surface area contributed by atoms with Crippen LogP contribution in [0.25, 0.3) is 5.08 Å². The molecule has 1 N–H and O–H groups in total. The SMILES string of the molecule is F[B-](F)(F)F.N#[N+]Nc1ccc(Cl)cc1Cl. The number of rotatable bonds is 1. The minimum atomic E-state index is -6.00. The van der Waals surface area contributed by atoms with Gasteiger partial charge in [0.1, 0.15) is 5.69 Å². The van der Waals surface area contributed by atoms with E-state index in [0.717, 1.165) is 0 Å². The van der Waals surface area contributed by atoms with Gasteiger partial charge in [-0.2, -0.15) is 0 Å². The molecule has 0 saturated heterocycles. The molecule has 0 aromatic heterocycles. The molecule has 88 valence electrons. The predicted molar refractivity (Wildman–Crippen MR) is 55.4 cm³/mol. The normalized spacial score (nSPS) is 9.81. The van der Waals surface area contributed by atoms with E-state index < -0.39 is 7.25 Å². The Kier molecular flexibility index (Phi) is 5.92. The summed E-state index contributed by atoms with van der Waals surface area (Å²) in [6, 6.07) is 4.81. The maximum absolute atomic E-state index is 9.75. The maximum atomic E-state index is 9.75. The van der Waals surface area contributed by atoms with E-state index in [1.54, 1.807) is 18.2 Å². The molecule has 3 nitrogen and oxygen atoms in total. The summed E-state index contributed by atoms with van der Waals surface area (Å²) in [5.74, 6) is 0. The molecule has 1 aromatic carbocycles. The predicted octanol–water partition coefficient (Wildman–Crippen LogP) is 4.47. The Bertz CT molecular complexity index is 386. The summed E-state index contributed by atoms with van der Waals surface area (Å²) in [4.78, 5) is 0. The third kappa shape index (κ3) is 8.14. The Morgan fingerprint density at radius 1 is 1.19 bits per heavy atom. The van der Waals surface area contributed by atoms with Gasteiger partial charge in [0.15, 0.2) is 0 Å². The molecule has 0 aliphatic heterocycles. The molecule has 0 aliphatic carbocycles. The Labute approximate surface area is 98.0 Å². The second-order valence-corrected chi connectivity index (χ2v) is 3.17. The van der Waals surface area contributed by atoms with Crippen LogP contribution in [0.3, 0.4) is 0 Å². The van der Waals surface area contributed by atoms with Gasteiger partial charge in [-0.05, 0) is 23.6 Å². The molecule has 0 bridgehead atoms. The van der Waals surface area contributed by atoms with E-state index in [-0.39, 0.29) is 0 Å². The fourth-order valence-corrected chi connectivity index (χ4v) is 1.08. The average Bonchev–Trinajstić information content (AvgIpc) is 2.07. The molecule has 0 aliphatic rings. The van der Waals surface area contributed by atoms with E-state index in [9.17, 15) is 17.3 Å². The van der Waals surface area contributed by atoms with Crippen LogP contribution in [0.4, 0.5) is 23.0 Å². The number of nitrogens with one attached hydrogen (secondary N) is 1. The zero-order valence-electron chi connectivity index (χ0n) is 7.47. The van der Waals surface area contributed by atoms with Crippen molar-refractivity contribution < 1.29 is 17.3 Å². The number of hydrogen-bond acceptors (Lipinski definition) is 2. The first-order valence-corrected chi connectivity index (χ1v) is 4.42. The number of halogens is 6. The van der Waals surface area contributed by atoms with Crippen molar-refractivity contribution in [3.63, 3.8) is 0 Å². The fourth-order valence-electron chi connectivity index (χ4n) is 0.634. The minimum Gasteiger partial charge on any atom is -0.418 e. The fraction of sp³-hybridized carbons (Fsp3) is 0. The highest BCUT2D eigenvalue weighted by Gasteiger charge is 2.20. The Hall–Kier alpha value is -1.20. The lowest BCUT2D eigenvalue weighted by Crippen LogP contribution is -2.02. The van der Waals surface area contributed by atoms with Crippen molar-refractivity contribution in [3.8, 4) is 0 Å². The van der Waals surface area contributed by atoms with Crippen LogP contribution in [0.5, 0.6) is 0 Å². The topological polar surface area (TPSA) is 40.2 Å². The summed E-state index contributed by atoms with van der Waals surface area (Å²) in [6.45, 7) is 0. The molecule has 0 amide bonds. The molecule has 0 spiro atoms. The highest BCUT2D eigenvalue weighted by atomic mass is 35.5. The van der Waals surface area contributed by atoms with Gasteiger partial charge in [-0.3, -0.25) is 0 Å². The van der Waals surface area contributed by atoms with Gasteiger partial charge in [-0.25, -0.2) is 0 Å². The van der Waals surface area contributed by atoms with Crippen LogP contribution < -0.4 is 5.43 Å². The summed E-state index contributed by atoms with van der Waals surface area (Å²) in [7, 11) is -6.00. The zero-order chi connectivity index (χ0) is 12.8. The summed E-state index contributed by atoms with van der Waals surface area (Å²) < 4.78 is 39.0. The van der Waals surface area contributed by atoms with Crippen LogP contribution in [0, 0.1) is 5.39 Å². The zero-order valence-corrected chi connectivity index (χ0v) is 8.98. The first-order valence-electron chi connectivity index (χ1n) is 3.66. The van der Waals surface area contributed by atoms with E-state index in [1.807, 2.05) is 0 Å². The number of diazo groups is 1. The van der Waals surface area contributed by atoms with E-state index in [1.165, 1.54) is 0 Å². The highest BCUT2D eigenvalue weighted by Crippen LogP contribution is 2.24. The van der Waals surface area contributed by atoms with Gasteiger partial charge in [-0.15, -0.1) is 0 Å². The molecule has 10 heteroatoms. The first kappa shape index (κ1) is 14.8. The Morgan fingerprint density at radius 2 is 1.69 bits per heavy atom. The van der Waals surface area contributed by atoms with Gasteiger partial charge < -0.3 is 17.3 Å². The van der Waals surface area contributed by atoms with Crippen molar-refractivity contribution in [2.75, 3.05) is 5.43 Å². The van der Waals surface area contributed by atoms with Crippen molar-refractivity contribution in [1.29, 1.82) is 5.39 Å². The Morgan fingerprint density at radius 3 is 2.06 bits per heavy atom. The number of benzene rings is 1. The monoisotopic (exact) mass is 275 g/mol. The van der Waals surface area contributed by atoms with Gasteiger partial charge in [0.25, 0.3) is 5.39 Å². The second kappa shape index (κ2) is 6.40. The molecule has 0 fully saturated rings. The van der Waals surface area contributed by atoms with Gasteiger partial charge in [-0.1, -0.05) is 23.2 Å². The molecule has 0 heterocycles. The van der Waals surface area contributed by atoms with Crippen molar-refractivity contribution in [1.82, 2.24) is 0 Å². The van der Waals surface area contributed by atoms with E-state index >= 15 is 0 Å². The largest absolute Gasteiger partial charge is 0.673 e. The van der Waals surface area contributed by atoms with Crippen molar-refractivity contribution >= 4 is 36.1 Å². The lowest BCUT2D eigenvalue weighted by atomic mass is 10.3. The lowest BCUT2D eigenvalue weighted by Gasteiger charge is -1.94. The quantitative estimate of drug-likeness (QED) is 0.355. The molecule has 16 heavy (non-hydrogen) atoms. The summed E-state index contributed by atoms with van der Waals surface area (Å²) in [5.41, 5.74) is 2.81. The summed E-state index contributed by atoms with van der Waals surface area (Å²) >= 11 is 11.3. The van der Waals surface area contributed by atoms with Crippen LogP contribution in [0.2, 0.25) is 10.0 Å². The maximum Gasteiger partial charge on any atom is 0.673 e. The summed E-state index contributed by atoms with van der Waals surface area (Å²) in [6.07, 6.45) is 0. The third-order valence-corrected chi connectivity index (χ3v) is 1.65. The van der Waals surface area contributed by atoms with Gasteiger partial charge >= 0.3 is 12.3 Å². The number of hydrogen-bond donors (Lipinski definition) is 1. The molecular formula is C6H4BCl2F4N3. The van der Waals surface area contributed by atoms with Crippen LogP contribution >= 0.6 is 23.2 Å². The van der Waals surface area contributed by atoms with Crippen LogP contribution in [0.15, 0.2) is 18.2 Å². The Balaban J connectivity index is 0.000000385. The first-order chi connectivity index (χ1) is 7.24. The van der Waals surface area contributed by atoms with Crippen LogP contribution in [-0.2, 0) is 0 Å². The summed E-state index contributed by atoms with van der Waals surface area (Å²) in [5, 5.41) is 11.8. The minimum absolute atomic E-state index is 0.412. The van der Waals surface area contributed by atoms with Crippen molar-refractivity contribution in [3.05, 3.63) is 33.3 Å². The molecule has 0 unspecified atom stereocenters. The van der Waals surface area contributed by atoms with E-state index in [2.05, 4.69) is 10.5 Å². The van der Waals surface area contributed by atoms with Gasteiger partial charge in [0, 0.05) is 5.02 Å². The van der Waals surface area contributed by atoms with Crippen molar-refractivity contribution in [2.24, 2.45) is 0 Å². The number of anilines is 1. The molecule has 0 saturated carbocycles. The average molecular weight is 276 g/mol. The van der Waals surface area contributed by atoms with Crippen LogP contribution in [-0.4, -0.2) is 7.25 Å². The smallest absolute Gasteiger partial charge is 0.418 e. The molecule has 0 atom stereocenters. The second-order valence-electron chi connectivity index (χ2n) is 2.33. The van der Waals surface area contributed by atoms with Crippen LogP contribution in [0.1, 0.15) is 0 Å². The van der Waals surface area contributed by atoms with Gasteiger partial charge in [0.2, 0.25) is 0 Å². The van der Waals surface area contributed by atoms with Crippen molar-refractivity contribution in [2.45, 2.75) is 0 Å². The molecule has 1 rings (SSSR count). The molecular weight excluding hydrogens is 272 g/mol. The van der Waals surface area contributed by atoms with Gasteiger partial charge in [0.05, 0.1) is 5.02 Å². The third-order valence-electron chi connectivity index (χ3n) is 1.10. The number of nitrogens with zero attached hydrogens (tertiary/aromatic N) is 2.